The molecule has 1 amide bonds. The van der Waals surface area contributed by atoms with Crippen LogP contribution in [0.1, 0.15) is 23.6 Å². The van der Waals surface area contributed by atoms with Crippen molar-refractivity contribution >= 4 is 5.91 Å². The third-order valence-electron chi connectivity index (χ3n) is 3.59. The summed E-state index contributed by atoms with van der Waals surface area (Å²) in [5.41, 5.74) is 5.20. The van der Waals surface area contributed by atoms with Gasteiger partial charge in [0, 0.05) is 26.1 Å². The van der Waals surface area contributed by atoms with E-state index >= 15 is 0 Å². The molecule has 2 unspecified atom stereocenters. The molecule has 2 rings (SSSR count). The first kappa shape index (κ1) is 15.8. The predicted molar refractivity (Wildman–Crippen MR) is 70.4 cm³/mol. The maximum atomic E-state index is 13.1. The highest BCUT2D eigenvalue weighted by atomic mass is 19.4. The summed E-state index contributed by atoms with van der Waals surface area (Å²) in [6.07, 6.45) is -4.44. The lowest BCUT2D eigenvalue weighted by atomic mass is 9.95. The molecule has 1 aliphatic heterocycles. The number of hydrogen-bond acceptors (Lipinski definition) is 3. The number of carbonyl (C=O) groups is 1. The number of carbonyl (C=O) groups excluding carboxylic acids is 1. The first-order chi connectivity index (χ1) is 9.86. The number of rotatable bonds is 4. The maximum absolute atomic E-state index is 13.1. The third-order valence-corrected chi connectivity index (χ3v) is 3.59. The number of methoxy groups -OCH3 is 1. The highest BCUT2D eigenvalue weighted by Gasteiger charge is 2.43. The van der Waals surface area contributed by atoms with Gasteiger partial charge in [0.25, 0.3) is 0 Å². The molecular weight excluding hydrogens is 285 g/mol. The van der Waals surface area contributed by atoms with Gasteiger partial charge in [0.2, 0.25) is 5.91 Å². The molecule has 4 nitrogen and oxygen atoms in total. The van der Waals surface area contributed by atoms with Crippen LogP contribution in [0.5, 0.6) is 0 Å². The van der Waals surface area contributed by atoms with Crippen LogP contribution < -0.4 is 5.73 Å². The molecule has 1 aromatic carbocycles. The second kappa shape index (κ2) is 6.03. The Labute approximate surface area is 120 Å². The highest BCUT2D eigenvalue weighted by Crippen LogP contribution is 2.40. The lowest BCUT2D eigenvalue weighted by molar-refractivity contribution is -0.139. The smallest absolute Gasteiger partial charge is 0.383 e. The molecular formula is C14H17F3N2O2. The lowest BCUT2D eigenvalue weighted by Gasteiger charge is -2.29. The number of nitrogens with two attached hydrogens (primary N) is 1. The number of halogens is 3. The van der Waals surface area contributed by atoms with Crippen molar-refractivity contribution in [3.63, 3.8) is 0 Å². The molecule has 0 saturated carbocycles. The molecule has 116 valence electrons. The Hall–Kier alpha value is -1.60. The Morgan fingerprint density at radius 1 is 1.38 bits per heavy atom. The summed E-state index contributed by atoms with van der Waals surface area (Å²) >= 11 is 0. The van der Waals surface area contributed by atoms with Crippen LogP contribution in [0.2, 0.25) is 0 Å². The molecule has 0 aromatic heterocycles. The van der Waals surface area contributed by atoms with E-state index in [1.165, 1.54) is 30.2 Å². The second-order valence-electron chi connectivity index (χ2n) is 4.98. The monoisotopic (exact) mass is 302 g/mol. The summed E-state index contributed by atoms with van der Waals surface area (Å²) in [6, 6.07) is 3.82. The van der Waals surface area contributed by atoms with Crippen LogP contribution in [0.25, 0.3) is 0 Å². The number of ether oxygens (including phenoxy) is 1. The van der Waals surface area contributed by atoms with E-state index < -0.39 is 23.8 Å². The molecule has 7 heteroatoms. The van der Waals surface area contributed by atoms with E-state index in [-0.39, 0.29) is 31.0 Å². The molecule has 1 aliphatic rings. The van der Waals surface area contributed by atoms with Crippen molar-refractivity contribution in [2.75, 3.05) is 20.3 Å². The Bertz CT molecular complexity index is 519. The molecule has 1 saturated heterocycles. The fraction of sp³-hybridized carbons (Fsp3) is 0.500. The number of likely N-dealkylation sites (tertiary alicyclic amines) is 1. The minimum absolute atomic E-state index is 0.0412. The number of alkyl halides is 3. The summed E-state index contributed by atoms with van der Waals surface area (Å²) in [7, 11) is 1.47. The Balaban J connectivity index is 2.41. The Morgan fingerprint density at radius 3 is 2.67 bits per heavy atom. The average Bonchev–Trinajstić information content (AvgIpc) is 2.69. The van der Waals surface area contributed by atoms with E-state index in [1.807, 2.05) is 0 Å². The zero-order valence-corrected chi connectivity index (χ0v) is 11.6. The van der Waals surface area contributed by atoms with Crippen molar-refractivity contribution in [1.82, 2.24) is 4.90 Å². The third kappa shape index (κ3) is 3.19. The van der Waals surface area contributed by atoms with Crippen LogP contribution in [0.3, 0.4) is 0 Å². The number of hydrogen-bond donors (Lipinski definition) is 1. The first-order valence-corrected chi connectivity index (χ1v) is 6.56. The quantitative estimate of drug-likeness (QED) is 0.925. The highest BCUT2D eigenvalue weighted by molar-refractivity contribution is 5.80. The summed E-state index contributed by atoms with van der Waals surface area (Å²) in [4.78, 5) is 13.3. The molecule has 2 N–H and O–H groups in total. The summed E-state index contributed by atoms with van der Waals surface area (Å²) < 4.78 is 44.3. The van der Waals surface area contributed by atoms with Crippen LogP contribution in [0.4, 0.5) is 13.2 Å². The zero-order chi connectivity index (χ0) is 15.6. The van der Waals surface area contributed by atoms with Crippen LogP contribution in [0, 0.1) is 0 Å². The van der Waals surface area contributed by atoms with Crippen LogP contribution in [0.15, 0.2) is 24.3 Å². The van der Waals surface area contributed by atoms with E-state index in [2.05, 4.69) is 0 Å². The molecule has 21 heavy (non-hydrogen) atoms. The van der Waals surface area contributed by atoms with Crippen molar-refractivity contribution in [2.45, 2.75) is 24.7 Å². The van der Waals surface area contributed by atoms with Gasteiger partial charge in [-0.3, -0.25) is 4.79 Å². The maximum Gasteiger partial charge on any atom is 0.416 e. The van der Waals surface area contributed by atoms with Crippen molar-refractivity contribution in [2.24, 2.45) is 5.73 Å². The van der Waals surface area contributed by atoms with Gasteiger partial charge in [0.15, 0.2) is 0 Å². The van der Waals surface area contributed by atoms with Crippen molar-refractivity contribution in [3.8, 4) is 0 Å². The van der Waals surface area contributed by atoms with E-state index in [0.717, 1.165) is 6.07 Å². The van der Waals surface area contributed by atoms with Gasteiger partial charge in [0.05, 0.1) is 18.2 Å². The topological polar surface area (TPSA) is 55.6 Å². The molecule has 1 aromatic rings. The van der Waals surface area contributed by atoms with E-state index in [1.54, 1.807) is 0 Å². The summed E-state index contributed by atoms with van der Waals surface area (Å²) in [5, 5.41) is 0. The minimum atomic E-state index is -4.48. The largest absolute Gasteiger partial charge is 0.416 e. The normalized spacial score (nSPS) is 22.9. The van der Waals surface area contributed by atoms with Gasteiger partial charge >= 0.3 is 6.18 Å². The SMILES string of the molecule is COCCN1C(=O)CC(N)C1c1ccccc1C(F)(F)F. The van der Waals surface area contributed by atoms with Gasteiger partial charge < -0.3 is 15.4 Å². The number of amides is 1. The first-order valence-electron chi connectivity index (χ1n) is 6.56. The van der Waals surface area contributed by atoms with Crippen LogP contribution in [-0.2, 0) is 15.7 Å². The van der Waals surface area contributed by atoms with Gasteiger partial charge in [-0.2, -0.15) is 13.2 Å². The van der Waals surface area contributed by atoms with E-state index in [0.29, 0.717) is 0 Å². The Morgan fingerprint density at radius 2 is 2.05 bits per heavy atom. The van der Waals surface area contributed by atoms with Crippen LogP contribution >= 0.6 is 0 Å². The molecule has 1 fully saturated rings. The fourth-order valence-electron chi connectivity index (χ4n) is 2.68. The molecule has 0 bridgehead atoms. The van der Waals surface area contributed by atoms with Crippen LogP contribution in [-0.4, -0.2) is 37.1 Å². The fourth-order valence-corrected chi connectivity index (χ4v) is 2.68. The number of benzene rings is 1. The standard InChI is InChI=1S/C14H17F3N2O2/c1-21-7-6-19-12(20)8-11(18)13(19)9-4-2-3-5-10(9)14(15,16)17/h2-5,11,13H,6-8,18H2,1H3. The molecule has 0 aliphatic carbocycles. The van der Waals surface area contributed by atoms with Gasteiger partial charge in [-0.15, -0.1) is 0 Å². The van der Waals surface area contributed by atoms with Crippen molar-refractivity contribution < 1.29 is 22.7 Å². The molecule has 2 atom stereocenters. The average molecular weight is 302 g/mol. The molecule has 1 heterocycles. The van der Waals surface area contributed by atoms with Crippen molar-refractivity contribution in [3.05, 3.63) is 35.4 Å². The zero-order valence-electron chi connectivity index (χ0n) is 11.6. The van der Waals surface area contributed by atoms with Gasteiger partial charge in [-0.1, -0.05) is 18.2 Å². The van der Waals surface area contributed by atoms with Gasteiger partial charge in [0.1, 0.15) is 0 Å². The lowest BCUT2D eigenvalue weighted by Crippen LogP contribution is -2.36. The van der Waals surface area contributed by atoms with Gasteiger partial charge in [-0.05, 0) is 11.6 Å². The van der Waals surface area contributed by atoms with Gasteiger partial charge in [-0.25, -0.2) is 0 Å². The number of nitrogens with zero attached hydrogens (tertiary/aromatic N) is 1. The summed E-state index contributed by atoms with van der Waals surface area (Å²) in [5.74, 6) is -0.249. The van der Waals surface area contributed by atoms with E-state index in [9.17, 15) is 18.0 Å². The molecule has 0 spiro atoms. The Kier molecular flexibility index (Phi) is 4.53. The van der Waals surface area contributed by atoms with Crippen molar-refractivity contribution in [1.29, 1.82) is 0 Å². The minimum Gasteiger partial charge on any atom is -0.383 e. The molecule has 0 radical (unpaired) electrons. The summed E-state index contributed by atoms with van der Waals surface area (Å²) in [6.45, 7) is 0.475. The predicted octanol–water partition coefficient (Wildman–Crippen LogP) is 1.95. The second-order valence-corrected chi connectivity index (χ2v) is 4.98. The van der Waals surface area contributed by atoms with E-state index in [4.69, 9.17) is 10.5 Å².